The Morgan fingerprint density at radius 2 is 1.56 bits per heavy atom. The molecule has 0 aromatic heterocycles. The molecule has 0 aliphatic carbocycles. The van der Waals surface area contributed by atoms with Crippen LogP contribution in [0.1, 0.15) is 61.9 Å². The number of carbonyl (C=O) groups excluding carboxylic acids is 1. The Hall–Kier alpha value is -1.74. The molecule has 0 N–H and O–H groups in total. The number of ether oxygens (including phenoxy) is 1. The minimum Gasteiger partial charge on any atom is -0.494 e. The van der Waals surface area contributed by atoms with Crippen LogP contribution < -0.4 is 4.74 Å². The Labute approximate surface area is 156 Å². The molecule has 25 heavy (non-hydrogen) atoms. The van der Waals surface area contributed by atoms with Crippen molar-refractivity contribution in [2.45, 2.75) is 57.3 Å². The highest BCUT2D eigenvalue weighted by atomic mass is 32.2. The van der Waals surface area contributed by atoms with Gasteiger partial charge in [-0.1, -0.05) is 51.7 Å². The van der Waals surface area contributed by atoms with Gasteiger partial charge in [-0.05, 0) is 66.6 Å². The van der Waals surface area contributed by atoms with Gasteiger partial charge in [0.15, 0.2) is 0 Å². The number of hydrogen-bond acceptors (Lipinski definition) is 3. The van der Waals surface area contributed by atoms with Crippen molar-refractivity contribution >= 4 is 16.9 Å². The van der Waals surface area contributed by atoms with Crippen molar-refractivity contribution in [3.63, 3.8) is 0 Å². The summed E-state index contributed by atoms with van der Waals surface area (Å²) in [6, 6.07) is 15.7. The molecule has 2 aromatic carbocycles. The molecule has 0 aliphatic heterocycles. The van der Waals surface area contributed by atoms with E-state index in [1.807, 2.05) is 36.4 Å². The molecule has 0 radical (unpaired) electrons. The van der Waals surface area contributed by atoms with E-state index in [9.17, 15) is 4.79 Å². The van der Waals surface area contributed by atoms with Gasteiger partial charge >= 0.3 is 0 Å². The highest BCUT2D eigenvalue weighted by Gasteiger charge is 2.08. The van der Waals surface area contributed by atoms with Gasteiger partial charge in [-0.2, -0.15) is 0 Å². The Balaban J connectivity index is 1.79. The summed E-state index contributed by atoms with van der Waals surface area (Å²) >= 11 is 1.27. The highest BCUT2D eigenvalue weighted by Crippen LogP contribution is 2.24. The van der Waals surface area contributed by atoms with E-state index >= 15 is 0 Å². The van der Waals surface area contributed by atoms with Crippen LogP contribution in [0.5, 0.6) is 5.75 Å². The van der Waals surface area contributed by atoms with E-state index in [2.05, 4.69) is 26.0 Å². The van der Waals surface area contributed by atoms with Crippen LogP contribution in [-0.2, 0) is 6.42 Å². The van der Waals surface area contributed by atoms with E-state index in [0.717, 1.165) is 30.1 Å². The first-order valence-electron chi connectivity index (χ1n) is 9.27. The van der Waals surface area contributed by atoms with Gasteiger partial charge in [0.2, 0.25) is 5.12 Å². The van der Waals surface area contributed by atoms with Gasteiger partial charge in [0.1, 0.15) is 5.75 Å². The lowest BCUT2D eigenvalue weighted by Crippen LogP contribution is -1.98. The fourth-order valence-corrected chi connectivity index (χ4v) is 3.28. The van der Waals surface area contributed by atoms with E-state index in [-0.39, 0.29) is 5.12 Å². The molecule has 0 saturated carbocycles. The second-order valence-electron chi connectivity index (χ2n) is 6.17. The first kappa shape index (κ1) is 19.6. The Morgan fingerprint density at radius 1 is 0.880 bits per heavy atom. The van der Waals surface area contributed by atoms with Gasteiger partial charge in [0.25, 0.3) is 0 Å². The first-order valence-corrected chi connectivity index (χ1v) is 10.1. The molecule has 3 heteroatoms. The van der Waals surface area contributed by atoms with Crippen molar-refractivity contribution < 1.29 is 9.53 Å². The van der Waals surface area contributed by atoms with Gasteiger partial charge in [-0.3, -0.25) is 4.79 Å². The van der Waals surface area contributed by atoms with E-state index in [1.54, 1.807) is 0 Å². The number of benzene rings is 2. The fourth-order valence-electron chi connectivity index (χ4n) is 2.54. The van der Waals surface area contributed by atoms with Crippen molar-refractivity contribution in [3.8, 4) is 5.75 Å². The first-order chi connectivity index (χ1) is 12.2. The van der Waals surface area contributed by atoms with Gasteiger partial charge in [-0.15, -0.1) is 0 Å². The van der Waals surface area contributed by atoms with Crippen molar-refractivity contribution in [1.29, 1.82) is 0 Å². The van der Waals surface area contributed by atoms with Gasteiger partial charge in [0.05, 0.1) is 6.61 Å². The average Bonchev–Trinajstić information content (AvgIpc) is 2.65. The minimum atomic E-state index is 0.0652. The molecule has 0 bridgehead atoms. The molecule has 0 aliphatic rings. The zero-order valence-corrected chi connectivity index (χ0v) is 16.1. The Morgan fingerprint density at radius 3 is 2.20 bits per heavy atom. The van der Waals surface area contributed by atoms with Crippen LogP contribution in [0.3, 0.4) is 0 Å². The molecule has 2 rings (SSSR count). The lowest BCUT2D eigenvalue weighted by Gasteiger charge is -2.07. The SMILES string of the molecule is CCCCCCCOc1ccc(C(=O)Sc2ccc(CC)cc2)cc1. The number of thioether (sulfide) groups is 1. The van der Waals surface area contributed by atoms with Crippen LogP contribution in [0.25, 0.3) is 0 Å². The van der Waals surface area contributed by atoms with Crippen molar-refractivity contribution in [1.82, 2.24) is 0 Å². The number of aryl methyl sites for hydroxylation is 1. The molecule has 0 saturated heterocycles. The maximum atomic E-state index is 12.4. The van der Waals surface area contributed by atoms with Crippen LogP contribution >= 0.6 is 11.8 Å². The monoisotopic (exact) mass is 356 g/mol. The third-order valence-electron chi connectivity index (χ3n) is 4.15. The number of carbonyl (C=O) groups is 1. The zero-order valence-electron chi connectivity index (χ0n) is 15.3. The van der Waals surface area contributed by atoms with Gasteiger partial charge in [0, 0.05) is 10.5 Å². The second-order valence-corrected chi connectivity index (χ2v) is 7.22. The normalized spacial score (nSPS) is 10.6. The summed E-state index contributed by atoms with van der Waals surface area (Å²) in [7, 11) is 0. The van der Waals surface area contributed by atoms with E-state index in [0.29, 0.717) is 5.56 Å². The van der Waals surface area contributed by atoms with Crippen LogP contribution in [0.15, 0.2) is 53.4 Å². The van der Waals surface area contributed by atoms with Gasteiger partial charge in [-0.25, -0.2) is 0 Å². The number of hydrogen-bond donors (Lipinski definition) is 0. The largest absolute Gasteiger partial charge is 0.494 e. The molecule has 0 spiro atoms. The van der Waals surface area contributed by atoms with Crippen molar-refractivity contribution in [2.75, 3.05) is 6.61 Å². The third kappa shape index (κ3) is 6.95. The van der Waals surface area contributed by atoms with Crippen LogP contribution in [0.2, 0.25) is 0 Å². The van der Waals surface area contributed by atoms with Crippen molar-refractivity contribution in [3.05, 3.63) is 59.7 Å². The summed E-state index contributed by atoms with van der Waals surface area (Å²) in [5, 5.41) is 0.0652. The maximum Gasteiger partial charge on any atom is 0.224 e. The van der Waals surface area contributed by atoms with E-state index in [4.69, 9.17) is 4.74 Å². The Bertz CT molecular complexity index is 632. The predicted octanol–water partition coefficient (Wildman–Crippen LogP) is 6.53. The summed E-state index contributed by atoms with van der Waals surface area (Å²) in [5.41, 5.74) is 1.99. The molecule has 134 valence electrons. The topological polar surface area (TPSA) is 26.3 Å². The second kappa shape index (κ2) is 11.0. The maximum absolute atomic E-state index is 12.4. The predicted molar refractivity (Wildman–Crippen MR) is 107 cm³/mol. The number of rotatable bonds is 10. The van der Waals surface area contributed by atoms with E-state index < -0.39 is 0 Å². The summed E-state index contributed by atoms with van der Waals surface area (Å²) < 4.78 is 5.75. The van der Waals surface area contributed by atoms with Gasteiger partial charge < -0.3 is 4.74 Å². The smallest absolute Gasteiger partial charge is 0.224 e. The van der Waals surface area contributed by atoms with Crippen molar-refractivity contribution in [2.24, 2.45) is 0 Å². The molecule has 0 amide bonds. The van der Waals surface area contributed by atoms with E-state index in [1.165, 1.54) is 43.0 Å². The summed E-state index contributed by atoms with van der Waals surface area (Å²) in [6.45, 7) is 5.09. The lowest BCUT2D eigenvalue weighted by atomic mass is 10.2. The molecule has 2 nitrogen and oxygen atoms in total. The summed E-state index contributed by atoms with van der Waals surface area (Å²) in [6.07, 6.45) is 7.16. The lowest BCUT2D eigenvalue weighted by molar-refractivity contribution is 0.108. The molecular formula is C22H28O2S. The molecule has 0 unspecified atom stereocenters. The quantitative estimate of drug-likeness (QED) is 0.357. The Kier molecular flexibility index (Phi) is 8.61. The summed E-state index contributed by atoms with van der Waals surface area (Å²) in [4.78, 5) is 13.3. The fraction of sp³-hybridized carbons (Fsp3) is 0.409. The van der Waals surface area contributed by atoms with Crippen LogP contribution in [-0.4, -0.2) is 11.7 Å². The van der Waals surface area contributed by atoms with Crippen LogP contribution in [0.4, 0.5) is 0 Å². The zero-order chi connectivity index (χ0) is 17.9. The third-order valence-corrected chi connectivity index (χ3v) is 5.08. The molecule has 0 heterocycles. The molecule has 0 fully saturated rings. The highest BCUT2D eigenvalue weighted by molar-refractivity contribution is 8.14. The summed E-state index contributed by atoms with van der Waals surface area (Å²) in [5.74, 6) is 0.837. The van der Waals surface area contributed by atoms with Crippen LogP contribution in [0, 0.1) is 0 Å². The molecule has 2 aromatic rings. The minimum absolute atomic E-state index is 0.0652. The average molecular weight is 357 g/mol. The molecular weight excluding hydrogens is 328 g/mol. The molecule has 0 atom stereocenters. The number of unbranched alkanes of at least 4 members (excludes halogenated alkanes) is 4. The standard InChI is InChI=1S/C22H28O2S/c1-3-5-6-7-8-17-24-20-13-11-19(12-14-20)22(23)25-21-15-9-18(4-2)10-16-21/h9-16H,3-8,17H2,1-2H3.